The quantitative estimate of drug-likeness (QED) is 0.591. The topological polar surface area (TPSA) is 76.7 Å². The number of likely N-dealkylation sites (N-methyl/N-ethyl adjacent to an activating group) is 1. The summed E-state index contributed by atoms with van der Waals surface area (Å²) in [7, 11) is 3.91. The van der Waals surface area contributed by atoms with E-state index in [4.69, 9.17) is 11.6 Å². The smallest absolute Gasteiger partial charge is 0.283 e. The Balaban J connectivity index is 2.82. The fourth-order valence-electron chi connectivity index (χ4n) is 1.37. The molecule has 0 aliphatic carbocycles. The molecule has 0 aliphatic rings. The summed E-state index contributed by atoms with van der Waals surface area (Å²) in [5.41, 5.74) is -0.254. The fourth-order valence-corrected chi connectivity index (χ4v) is 1.54. The van der Waals surface area contributed by atoms with Crippen molar-refractivity contribution in [2.75, 3.05) is 27.2 Å². The standard InChI is InChI=1S/C11H14ClN3O3/c1-14(2)6-5-13-11(16)9-4-3-8(12)7-10(9)15(17)18/h3-4,7H,5-6H2,1-2H3,(H,13,16)/p+1. The van der Waals surface area contributed by atoms with Gasteiger partial charge >= 0.3 is 0 Å². The normalized spacial score (nSPS) is 10.4. The molecular formula is C11H15ClN3O3+. The third-order valence-electron chi connectivity index (χ3n) is 2.31. The maximum Gasteiger partial charge on any atom is 0.283 e. The molecule has 0 heterocycles. The van der Waals surface area contributed by atoms with Crippen LogP contribution in [0.3, 0.4) is 0 Å². The lowest BCUT2D eigenvalue weighted by Gasteiger charge is -2.08. The van der Waals surface area contributed by atoms with Crippen molar-refractivity contribution < 1.29 is 14.6 Å². The summed E-state index contributed by atoms with van der Waals surface area (Å²) in [6, 6.07) is 3.99. The van der Waals surface area contributed by atoms with Gasteiger partial charge < -0.3 is 10.2 Å². The van der Waals surface area contributed by atoms with Crippen LogP contribution >= 0.6 is 11.6 Å². The van der Waals surface area contributed by atoms with Gasteiger partial charge in [0.15, 0.2) is 0 Å². The highest BCUT2D eigenvalue weighted by molar-refractivity contribution is 6.31. The number of carbonyl (C=O) groups excluding carboxylic acids is 1. The minimum Gasteiger partial charge on any atom is -0.346 e. The van der Waals surface area contributed by atoms with Crippen molar-refractivity contribution >= 4 is 23.2 Å². The zero-order valence-electron chi connectivity index (χ0n) is 10.2. The zero-order chi connectivity index (χ0) is 13.7. The molecule has 0 unspecified atom stereocenters. The van der Waals surface area contributed by atoms with Crippen molar-refractivity contribution in [2.45, 2.75) is 0 Å². The summed E-state index contributed by atoms with van der Waals surface area (Å²) >= 11 is 5.67. The van der Waals surface area contributed by atoms with E-state index in [1.165, 1.54) is 23.1 Å². The van der Waals surface area contributed by atoms with Gasteiger partial charge in [-0.15, -0.1) is 0 Å². The van der Waals surface area contributed by atoms with Crippen LogP contribution in [0.1, 0.15) is 10.4 Å². The van der Waals surface area contributed by atoms with Crippen LogP contribution < -0.4 is 10.2 Å². The van der Waals surface area contributed by atoms with E-state index in [1.54, 1.807) is 0 Å². The first-order valence-corrected chi connectivity index (χ1v) is 5.80. The Kier molecular flexibility index (Phi) is 5.06. The van der Waals surface area contributed by atoms with Crippen LogP contribution in [-0.2, 0) is 0 Å². The number of nitro benzene ring substituents is 1. The average molecular weight is 273 g/mol. The van der Waals surface area contributed by atoms with Gasteiger partial charge in [0.2, 0.25) is 0 Å². The first-order valence-electron chi connectivity index (χ1n) is 5.43. The number of nitrogens with one attached hydrogen (secondary N) is 2. The Labute approximate surface area is 110 Å². The van der Waals surface area contributed by atoms with Gasteiger partial charge in [0.05, 0.1) is 32.1 Å². The first-order chi connectivity index (χ1) is 8.41. The van der Waals surface area contributed by atoms with Crippen LogP contribution in [0.5, 0.6) is 0 Å². The maximum atomic E-state index is 11.8. The highest BCUT2D eigenvalue weighted by Crippen LogP contribution is 2.22. The number of hydrogen-bond donors (Lipinski definition) is 2. The first kappa shape index (κ1) is 14.4. The van der Waals surface area contributed by atoms with Gasteiger partial charge in [-0.05, 0) is 12.1 Å². The Bertz CT molecular complexity index is 463. The molecule has 1 amide bonds. The Morgan fingerprint density at radius 1 is 1.50 bits per heavy atom. The molecule has 0 fully saturated rings. The van der Waals surface area contributed by atoms with Crippen LogP contribution in [0.25, 0.3) is 0 Å². The Morgan fingerprint density at radius 3 is 2.72 bits per heavy atom. The van der Waals surface area contributed by atoms with Gasteiger partial charge in [0.1, 0.15) is 5.56 Å². The van der Waals surface area contributed by atoms with Crippen molar-refractivity contribution in [3.8, 4) is 0 Å². The number of halogens is 1. The SMILES string of the molecule is C[NH+](C)CCNC(=O)c1ccc(Cl)cc1[N+](=O)[O-]. The van der Waals surface area contributed by atoms with Crippen LogP contribution in [-0.4, -0.2) is 38.0 Å². The number of hydrogen-bond acceptors (Lipinski definition) is 3. The molecule has 0 bridgehead atoms. The van der Waals surface area contributed by atoms with Gasteiger partial charge in [-0.3, -0.25) is 14.9 Å². The number of carbonyl (C=O) groups is 1. The number of rotatable bonds is 5. The molecule has 0 aromatic heterocycles. The van der Waals surface area contributed by atoms with E-state index in [0.717, 1.165) is 6.54 Å². The second kappa shape index (κ2) is 6.32. The summed E-state index contributed by atoms with van der Waals surface area (Å²) in [6.07, 6.45) is 0. The average Bonchev–Trinajstić information content (AvgIpc) is 2.28. The van der Waals surface area contributed by atoms with Gasteiger partial charge in [0.25, 0.3) is 11.6 Å². The predicted octanol–water partition coefficient (Wildman–Crippen LogP) is 0.123. The molecule has 1 aromatic carbocycles. The van der Waals surface area contributed by atoms with Crippen LogP contribution in [0, 0.1) is 10.1 Å². The molecule has 7 heteroatoms. The zero-order valence-corrected chi connectivity index (χ0v) is 11.0. The van der Waals surface area contributed by atoms with Crippen LogP contribution in [0.15, 0.2) is 18.2 Å². The van der Waals surface area contributed by atoms with Crippen molar-refractivity contribution in [2.24, 2.45) is 0 Å². The van der Waals surface area contributed by atoms with E-state index >= 15 is 0 Å². The van der Waals surface area contributed by atoms with Gasteiger partial charge in [-0.25, -0.2) is 0 Å². The molecule has 0 saturated heterocycles. The maximum absolute atomic E-state index is 11.8. The second-order valence-corrected chi connectivity index (χ2v) is 4.57. The summed E-state index contributed by atoms with van der Waals surface area (Å²) in [6.45, 7) is 1.20. The van der Waals surface area contributed by atoms with E-state index < -0.39 is 10.8 Å². The molecule has 0 aliphatic heterocycles. The van der Waals surface area contributed by atoms with E-state index in [0.29, 0.717) is 6.54 Å². The molecular weight excluding hydrogens is 258 g/mol. The molecule has 2 N–H and O–H groups in total. The highest BCUT2D eigenvalue weighted by atomic mass is 35.5. The monoisotopic (exact) mass is 272 g/mol. The Morgan fingerprint density at radius 2 is 2.17 bits per heavy atom. The Hall–Kier alpha value is -1.66. The lowest BCUT2D eigenvalue weighted by atomic mass is 10.1. The third kappa shape index (κ3) is 3.97. The highest BCUT2D eigenvalue weighted by Gasteiger charge is 2.20. The minimum atomic E-state index is -0.613. The number of benzene rings is 1. The molecule has 1 aromatic rings. The van der Waals surface area contributed by atoms with Gasteiger partial charge in [0, 0.05) is 11.1 Å². The number of nitro groups is 1. The minimum absolute atomic E-state index is 0.0261. The lowest BCUT2D eigenvalue weighted by Crippen LogP contribution is -3.06. The van der Waals surface area contributed by atoms with Crippen molar-refractivity contribution in [1.29, 1.82) is 0 Å². The van der Waals surface area contributed by atoms with E-state index in [2.05, 4.69) is 5.32 Å². The lowest BCUT2D eigenvalue weighted by molar-refractivity contribution is -0.856. The van der Waals surface area contributed by atoms with E-state index in [-0.39, 0.29) is 16.3 Å². The van der Waals surface area contributed by atoms with Crippen molar-refractivity contribution in [3.63, 3.8) is 0 Å². The molecule has 98 valence electrons. The van der Waals surface area contributed by atoms with E-state index in [1.807, 2.05) is 14.1 Å². The van der Waals surface area contributed by atoms with Crippen LogP contribution in [0.4, 0.5) is 5.69 Å². The molecule has 0 radical (unpaired) electrons. The van der Waals surface area contributed by atoms with Crippen LogP contribution in [0.2, 0.25) is 5.02 Å². The number of amides is 1. The summed E-state index contributed by atoms with van der Waals surface area (Å²) in [5.74, 6) is -0.459. The summed E-state index contributed by atoms with van der Waals surface area (Å²) in [5, 5.41) is 13.7. The largest absolute Gasteiger partial charge is 0.346 e. The van der Waals surface area contributed by atoms with E-state index in [9.17, 15) is 14.9 Å². The second-order valence-electron chi connectivity index (χ2n) is 4.13. The summed E-state index contributed by atoms with van der Waals surface area (Å²) in [4.78, 5) is 23.2. The van der Waals surface area contributed by atoms with Gasteiger partial charge in [-0.1, -0.05) is 11.6 Å². The molecule has 0 spiro atoms. The third-order valence-corrected chi connectivity index (χ3v) is 2.55. The number of nitrogens with zero attached hydrogens (tertiary/aromatic N) is 1. The fraction of sp³-hybridized carbons (Fsp3) is 0.364. The predicted molar refractivity (Wildman–Crippen MR) is 68.1 cm³/mol. The van der Waals surface area contributed by atoms with Crippen molar-refractivity contribution in [3.05, 3.63) is 38.9 Å². The molecule has 0 atom stereocenters. The van der Waals surface area contributed by atoms with Crippen molar-refractivity contribution in [1.82, 2.24) is 5.32 Å². The molecule has 6 nitrogen and oxygen atoms in total. The summed E-state index contributed by atoms with van der Waals surface area (Å²) < 4.78 is 0. The molecule has 1 rings (SSSR count). The molecule has 0 saturated carbocycles. The molecule has 18 heavy (non-hydrogen) atoms. The number of quaternary nitrogens is 1. The van der Waals surface area contributed by atoms with Gasteiger partial charge in [-0.2, -0.15) is 0 Å².